The fourth-order valence-electron chi connectivity index (χ4n) is 2.43. The summed E-state index contributed by atoms with van der Waals surface area (Å²) in [6.07, 6.45) is 0. The summed E-state index contributed by atoms with van der Waals surface area (Å²) >= 11 is 0. The van der Waals surface area contributed by atoms with E-state index in [9.17, 15) is 4.79 Å². The second-order valence-corrected chi connectivity index (χ2v) is 5.88. The lowest BCUT2D eigenvalue weighted by Crippen LogP contribution is -2.32. The zero-order valence-electron chi connectivity index (χ0n) is 14.4. The van der Waals surface area contributed by atoms with E-state index in [1.165, 1.54) is 5.56 Å². The van der Waals surface area contributed by atoms with Gasteiger partial charge < -0.3 is 15.4 Å². The van der Waals surface area contributed by atoms with Crippen LogP contribution in [0.5, 0.6) is 5.75 Å². The molecule has 2 aromatic carbocycles. The molecule has 0 heterocycles. The van der Waals surface area contributed by atoms with Crippen molar-refractivity contribution in [2.45, 2.75) is 33.7 Å². The van der Waals surface area contributed by atoms with Crippen molar-refractivity contribution in [2.24, 2.45) is 0 Å². The summed E-state index contributed by atoms with van der Waals surface area (Å²) < 4.78 is 5.34. The summed E-state index contributed by atoms with van der Waals surface area (Å²) in [6.45, 7) is 7.86. The Hall–Kier alpha value is -2.49. The molecule has 122 valence electrons. The van der Waals surface area contributed by atoms with Crippen molar-refractivity contribution in [3.8, 4) is 5.75 Å². The first kappa shape index (κ1) is 16.9. The molecule has 0 aromatic heterocycles. The Kier molecular flexibility index (Phi) is 5.27. The average molecular weight is 312 g/mol. The van der Waals surface area contributed by atoms with Gasteiger partial charge in [-0.1, -0.05) is 23.8 Å². The first-order chi connectivity index (χ1) is 10.9. The third-order valence-corrected chi connectivity index (χ3v) is 3.76. The number of anilines is 2. The largest absolute Gasteiger partial charge is 0.495 e. The van der Waals surface area contributed by atoms with E-state index in [0.29, 0.717) is 0 Å². The van der Waals surface area contributed by atoms with Crippen LogP contribution in [0, 0.1) is 20.8 Å². The number of benzene rings is 2. The highest BCUT2D eigenvalue weighted by Gasteiger charge is 2.15. The molecular formula is C19H24N2O2. The molecule has 4 nitrogen and oxygen atoms in total. The first-order valence-corrected chi connectivity index (χ1v) is 7.70. The molecule has 2 aromatic rings. The average Bonchev–Trinajstić information content (AvgIpc) is 2.50. The molecule has 23 heavy (non-hydrogen) atoms. The number of nitrogens with one attached hydrogen (secondary N) is 2. The fourth-order valence-corrected chi connectivity index (χ4v) is 2.43. The summed E-state index contributed by atoms with van der Waals surface area (Å²) in [6, 6.07) is 11.4. The second-order valence-electron chi connectivity index (χ2n) is 5.88. The van der Waals surface area contributed by atoms with Gasteiger partial charge in [0.2, 0.25) is 5.91 Å². The number of carbonyl (C=O) groups is 1. The molecule has 1 unspecified atom stereocenters. The number of hydrogen-bond donors (Lipinski definition) is 2. The van der Waals surface area contributed by atoms with Gasteiger partial charge in [-0.15, -0.1) is 0 Å². The van der Waals surface area contributed by atoms with E-state index in [4.69, 9.17) is 4.74 Å². The fraction of sp³-hybridized carbons (Fsp3) is 0.316. The molecule has 0 aliphatic rings. The van der Waals surface area contributed by atoms with Crippen LogP contribution in [0.2, 0.25) is 0 Å². The lowest BCUT2D eigenvalue weighted by molar-refractivity contribution is -0.116. The molecule has 0 bridgehead atoms. The van der Waals surface area contributed by atoms with E-state index < -0.39 is 0 Å². The molecule has 2 N–H and O–H groups in total. The predicted octanol–water partition coefficient (Wildman–Crippen LogP) is 4.06. The molecular weight excluding hydrogens is 288 g/mol. The Morgan fingerprint density at radius 1 is 1.00 bits per heavy atom. The molecule has 0 spiro atoms. The van der Waals surface area contributed by atoms with Crippen LogP contribution in [0.25, 0.3) is 0 Å². The Bertz CT molecular complexity index is 711. The van der Waals surface area contributed by atoms with Gasteiger partial charge in [0, 0.05) is 5.69 Å². The van der Waals surface area contributed by atoms with Gasteiger partial charge in [-0.2, -0.15) is 0 Å². The van der Waals surface area contributed by atoms with Gasteiger partial charge in [0.15, 0.2) is 0 Å². The molecule has 2 rings (SSSR count). The normalized spacial score (nSPS) is 11.7. The van der Waals surface area contributed by atoms with Crippen LogP contribution in [-0.2, 0) is 4.79 Å². The summed E-state index contributed by atoms with van der Waals surface area (Å²) in [7, 11) is 1.62. The molecule has 1 atom stereocenters. The zero-order chi connectivity index (χ0) is 17.0. The number of carbonyl (C=O) groups excluding carboxylic acids is 1. The maximum atomic E-state index is 12.4. The van der Waals surface area contributed by atoms with Gasteiger partial charge in [-0.3, -0.25) is 4.79 Å². The zero-order valence-corrected chi connectivity index (χ0v) is 14.4. The minimum Gasteiger partial charge on any atom is -0.495 e. The quantitative estimate of drug-likeness (QED) is 0.875. The molecule has 0 aliphatic heterocycles. The number of rotatable bonds is 5. The molecule has 1 amide bonds. The van der Waals surface area contributed by atoms with Gasteiger partial charge >= 0.3 is 0 Å². The molecule has 0 saturated carbocycles. The van der Waals surface area contributed by atoms with Gasteiger partial charge in [-0.25, -0.2) is 0 Å². The van der Waals surface area contributed by atoms with Gasteiger partial charge in [0.25, 0.3) is 0 Å². The molecule has 0 saturated heterocycles. The third kappa shape index (κ3) is 4.25. The number of hydrogen-bond acceptors (Lipinski definition) is 3. The number of methoxy groups -OCH3 is 1. The Balaban J connectivity index is 2.10. The van der Waals surface area contributed by atoms with Crippen molar-refractivity contribution in [2.75, 3.05) is 17.7 Å². The van der Waals surface area contributed by atoms with Gasteiger partial charge in [0.1, 0.15) is 11.8 Å². The van der Waals surface area contributed by atoms with Crippen LogP contribution in [0.3, 0.4) is 0 Å². The lowest BCUT2D eigenvalue weighted by Gasteiger charge is -2.18. The Morgan fingerprint density at radius 3 is 2.30 bits per heavy atom. The van der Waals surface area contributed by atoms with E-state index in [-0.39, 0.29) is 11.9 Å². The molecule has 4 heteroatoms. The minimum atomic E-state index is -0.383. The molecule has 0 fully saturated rings. The SMILES string of the molecule is COc1ccc(C)cc1NC(C)C(=O)Nc1ccc(C)cc1C. The van der Waals surface area contributed by atoms with E-state index in [1.54, 1.807) is 7.11 Å². The van der Waals surface area contributed by atoms with Crippen LogP contribution in [0.1, 0.15) is 23.6 Å². The first-order valence-electron chi connectivity index (χ1n) is 7.70. The van der Waals surface area contributed by atoms with Crippen LogP contribution in [0.4, 0.5) is 11.4 Å². The highest BCUT2D eigenvalue weighted by Crippen LogP contribution is 2.26. The maximum Gasteiger partial charge on any atom is 0.246 e. The predicted molar refractivity (Wildman–Crippen MR) is 95.4 cm³/mol. The smallest absolute Gasteiger partial charge is 0.246 e. The third-order valence-electron chi connectivity index (χ3n) is 3.76. The van der Waals surface area contributed by atoms with Crippen LogP contribution in [-0.4, -0.2) is 19.1 Å². The minimum absolute atomic E-state index is 0.0829. The van der Waals surface area contributed by atoms with Crippen molar-refractivity contribution in [1.82, 2.24) is 0 Å². The van der Waals surface area contributed by atoms with E-state index in [2.05, 4.69) is 16.7 Å². The Morgan fingerprint density at radius 2 is 1.65 bits per heavy atom. The number of amides is 1. The summed E-state index contributed by atoms with van der Waals surface area (Å²) in [5.74, 6) is 0.641. The standard InChI is InChI=1S/C19H24N2O2/c1-12-6-8-16(14(3)10-12)21-19(22)15(4)20-17-11-13(2)7-9-18(17)23-5/h6-11,15,20H,1-5H3,(H,21,22). The monoisotopic (exact) mass is 312 g/mol. The molecule has 0 radical (unpaired) electrons. The summed E-state index contributed by atoms with van der Waals surface area (Å²) in [5.41, 5.74) is 4.99. The summed E-state index contributed by atoms with van der Waals surface area (Å²) in [5, 5.41) is 6.18. The van der Waals surface area contributed by atoms with E-state index in [0.717, 1.165) is 28.3 Å². The topological polar surface area (TPSA) is 50.4 Å². The highest BCUT2D eigenvalue weighted by molar-refractivity contribution is 5.97. The highest BCUT2D eigenvalue weighted by atomic mass is 16.5. The van der Waals surface area contributed by atoms with Crippen molar-refractivity contribution >= 4 is 17.3 Å². The van der Waals surface area contributed by atoms with Crippen LogP contribution < -0.4 is 15.4 Å². The maximum absolute atomic E-state index is 12.4. The van der Waals surface area contributed by atoms with Crippen molar-refractivity contribution in [1.29, 1.82) is 0 Å². The molecule has 0 aliphatic carbocycles. The summed E-state index contributed by atoms with van der Waals surface area (Å²) in [4.78, 5) is 12.4. The van der Waals surface area contributed by atoms with Crippen LogP contribution in [0.15, 0.2) is 36.4 Å². The van der Waals surface area contributed by atoms with Crippen molar-refractivity contribution in [3.63, 3.8) is 0 Å². The lowest BCUT2D eigenvalue weighted by atomic mass is 10.1. The van der Waals surface area contributed by atoms with Gasteiger partial charge in [-0.05, 0) is 57.0 Å². The van der Waals surface area contributed by atoms with Gasteiger partial charge in [0.05, 0.1) is 12.8 Å². The van der Waals surface area contributed by atoms with E-state index >= 15 is 0 Å². The van der Waals surface area contributed by atoms with Crippen molar-refractivity contribution < 1.29 is 9.53 Å². The Labute approximate surface area is 137 Å². The van der Waals surface area contributed by atoms with Crippen molar-refractivity contribution in [3.05, 3.63) is 53.1 Å². The number of aryl methyl sites for hydroxylation is 3. The second kappa shape index (κ2) is 7.18. The van der Waals surface area contributed by atoms with E-state index in [1.807, 2.05) is 58.0 Å². The van der Waals surface area contributed by atoms with Crippen LogP contribution >= 0.6 is 0 Å². The number of ether oxygens (including phenoxy) is 1.